The molecule has 1 aromatic heterocycles. The van der Waals surface area contributed by atoms with Gasteiger partial charge in [-0.15, -0.1) is 0 Å². The van der Waals surface area contributed by atoms with Gasteiger partial charge in [-0.3, -0.25) is 4.79 Å². The topological polar surface area (TPSA) is 59.2 Å². The number of aromatic nitrogens is 1. The lowest BCUT2D eigenvalue weighted by Gasteiger charge is -2.02. The first-order chi connectivity index (χ1) is 8.54. The summed E-state index contributed by atoms with van der Waals surface area (Å²) in [6.07, 6.45) is 0. The van der Waals surface area contributed by atoms with E-state index in [4.69, 9.17) is 4.74 Å². The van der Waals surface area contributed by atoms with Crippen LogP contribution >= 0.6 is 0 Å². The van der Waals surface area contributed by atoms with Crippen molar-refractivity contribution in [2.75, 3.05) is 6.61 Å². The minimum Gasteiger partial charge on any atom is -0.462 e. The average Bonchev–Trinajstić information content (AvgIpc) is 2.63. The number of hydrogen-bond donors (Lipinski definition) is 1. The van der Waals surface area contributed by atoms with Crippen LogP contribution in [0, 0.1) is 6.92 Å². The molecule has 0 atom stereocenters. The van der Waals surface area contributed by atoms with Gasteiger partial charge in [-0.05, 0) is 39.0 Å². The molecule has 94 valence electrons. The van der Waals surface area contributed by atoms with Crippen LogP contribution in [0.25, 0.3) is 10.9 Å². The highest BCUT2D eigenvalue weighted by Crippen LogP contribution is 2.24. The van der Waals surface area contributed by atoms with Gasteiger partial charge in [-0.1, -0.05) is 0 Å². The lowest BCUT2D eigenvalue weighted by atomic mass is 10.1. The van der Waals surface area contributed by atoms with Crippen LogP contribution in [0.3, 0.4) is 0 Å². The standard InChI is InChI=1S/C14H15NO3/c1-4-18-14(17)13-8(2)15-12-6-5-10(9(3)16)7-11(12)13/h5-7,15H,4H2,1-3H3. The zero-order chi connectivity index (χ0) is 13.3. The minimum absolute atomic E-state index is 0.0226. The summed E-state index contributed by atoms with van der Waals surface area (Å²) in [5.74, 6) is -0.382. The van der Waals surface area contributed by atoms with E-state index in [1.165, 1.54) is 6.92 Å². The highest BCUT2D eigenvalue weighted by atomic mass is 16.5. The molecule has 0 radical (unpaired) electrons. The van der Waals surface area contributed by atoms with Crippen molar-refractivity contribution in [3.63, 3.8) is 0 Å². The van der Waals surface area contributed by atoms with Crippen molar-refractivity contribution < 1.29 is 14.3 Å². The number of aryl methyl sites for hydroxylation is 1. The Balaban J connectivity index is 2.64. The fourth-order valence-electron chi connectivity index (χ4n) is 2.01. The number of carbonyl (C=O) groups excluding carboxylic acids is 2. The average molecular weight is 245 g/mol. The Morgan fingerprint density at radius 2 is 2.06 bits per heavy atom. The number of benzene rings is 1. The Hall–Kier alpha value is -2.10. The maximum absolute atomic E-state index is 11.9. The Bertz CT molecular complexity index is 625. The van der Waals surface area contributed by atoms with Crippen LogP contribution in [-0.2, 0) is 4.74 Å². The summed E-state index contributed by atoms with van der Waals surface area (Å²) in [4.78, 5) is 26.4. The summed E-state index contributed by atoms with van der Waals surface area (Å²) in [7, 11) is 0. The number of ether oxygens (including phenoxy) is 1. The van der Waals surface area contributed by atoms with Gasteiger partial charge in [0.2, 0.25) is 0 Å². The molecule has 0 fully saturated rings. The summed E-state index contributed by atoms with van der Waals surface area (Å²) in [5.41, 5.74) is 2.69. The minimum atomic E-state index is -0.359. The Labute approximate surface area is 105 Å². The molecule has 0 saturated heterocycles. The van der Waals surface area contributed by atoms with E-state index < -0.39 is 0 Å². The third-order valence-electron chi connectivity index (χ3n) is 2.87. The summed E-state index contributed by atoms with van der Waals surface area (Å²) in [6.45, 7) is 5.42. The molecule has 0 aliphatic heterocycles. The lowest BCUT2D eigenvalue weighted by Crippen LogP contribution is -2.05. The first-order valence-electron chi connectivity index (χ1n) is 5.85. The van der Waals surface area contributed by atoms with E-state index in [0.717, 1.165) is 16.6 Å². The second-order valence-electron chi connectivity index (χ2n) is 4.16. The predicted octanol–water partition coefficient (Wildman–Crippen LogP) is 2.86. The predicted molar refractivity (Wildman–Crippen MR) is 69.0 cm³/mol. The highest BCUT2D eigenvalue weighted by molar-refractivity contribution is 6.08. The van der Waals surface area contributed by atoms with Crippen molar-refractivity contribution in [1.29, 1.82) is 0 Å². The molecule has 18 heavy (non-hydrogen) atoms. The van der Waals surface area contributed by atoms with E-state index in [0.29, 0.717) is 17.7 Å². The molecule has 1 N–H and O–H groups in total. The highest BCUT2D eigenvalue weighted by Gasteiger charge is 2.17. The first kappa shape index (κ1) is 12.4. The van der Waals surface area contributed by atoms with Gasteiger partial charge >= 0.3 is 5.97 Å². The van der Waals surface area contributed by atoms with Crippen molar-refractivity contribution in [2.24, 2.45) is 0 Å². The zero-order valence-electron chi connectivity index (χ0n) is 10.7. The van der Waals surface area contributed by atoms with Crippen molar-refractivity contribution in [2.45, 2.75) is 20.8 Å². The van der Waals surface area contributed by atoms with Gasteiger partial charge < -0.3 is 9.72 Å². The number of rotatable bonds is 3. The number of Topliss-reactive ketones (excluding diaryl/α,β-unsaturated/α-hetero) is 1. The monoisotopic (exact) mass is 245 g/mol. The van der Waals surface area contributed by atoms with Gasteiger partial charge in [0, 0.05) is 22.2 Å². The molecule has 0 aliphatic carbocycles. The molecule has 0 aliphatic rings. The van der Waals surface area contributed by atoms with E-state index in [-0.39, 0.29) is 11.8 Å². The zero-order valence-corrected chi connectivity index (χ0v) is 10.7. The largest absolute Gasteiger partial charge is 0.462 e. The van der Waals surface area contributed by atoms with Crippen LogP contribution in [-0.4, -0.2) is 23.3 Å². The third-order valence-corrected chi connectivity index (χ3v) is 2.87. The van der Waals surface area contributed by atoms with Crippen LogP contribution < -0.4 is 0 Å². The molecule has 0 saturated carbocycles. The molecule has 4 nitrogen and oxygen atoms in total. The number of H-pyrrole nitrogens is 1. The van der Waals surface area contributed by atoms with Crippen LogP contribution in [0.15, 0.2) is 18.2 Å². The molecule has 1 aromatic carbocycles. The Morgan fingerprint density at radius 3 is 2.67 bits per heavy atom. The van der Waals surface area contributed by atoms with E-state index in [1.807, 2.05) is 13.0 Å². The van der Waals surface area contributed by atoms with E-state index in [1.54, 1.807) is 19.1 Å². The van der Waals surface area contributed by atoms with Crippen molar-refractivity contribution in [3.05, 3.63) is 35.0 Å². The normalized spacial score (nSPS) is 10.6. The van der Waals surface area contributed by atoms with Crippen LogP contribution in [0.4, 0.5) is 0 Å². The summed E-state index contributed by atoms with van der Waals surface area (Å²) >= 11 is 0. The molecule has 4 heteroatoms. The molecule has 0 amide bonds. The summed E-state index contributed by atoms with van der Waals surface area (Å²) in [5, 5.41) is 0.735. The fraction of sp³-hybridized carbons (Fsp3) is 0.286. The molecule has 0 spiro atoms. The summed E-state index contributed by atoms with van der Waals surface area (Å²) in [6, 6.07) is 5.28. The Morgan fingerprint density at radius 1 is 1.33 bits per heavy atom. The number of hydrogen-bond acceptors (Lipinski definition) is 3. The van der Waals surface area contributed by atoms with Crippen LogP contribution in [0.2, 0.25) is 0 Å². The van der Waals surface area contributed by atoms with Crippen molar-refractivity contribution >= 4 is 22.7 Å². The SMILES string of the molecule is CCOC(=O)c1c(C)[nH]c2ccc(C(C)=O)cc12. The smallest absolute Gasteiger partial charge is 0.340 e. The molecule has 1 heterocycles. The number of esters is 1. The molecule has 2 aromatic rings. The maximum Gasteiger partial charge on any atom is 0.340 e. The first-order valence-corrected chi connectivity index (χ1v) is 5.85. The van der Waals surface area contributed by atoms with Gasteiger partial charge in [0.05, 0.1) is 12.2 Å². The number of ketones is 1. The molecular weight excluding hydrogens is 230 g/mol. The maximum atomic E-state index is 11.9. The van der Waals surface area contributed by atoms with Crippen LogP contribution in [0.1, 0.15) is 40.3 Å². The number of carbonyl (C=O) groups is 2. The van der Waals surface area contributed by atoms with Gasteiger partial charge in [0.25, 0.3) is 0 Å². The molecule has 0 unspecified atom stereocenters. The Kier molecular flexibility index (Phi) is 3.19. The number of aromatic amines is 1. The second kappa shape index (κ2) is 4.64. The lowest BCUT2D eigenvalue weighted by molar-refractivity contribution is 0.0527. The third kappa shape index (κ3) is 2.01. The fourth-order valence-corrected chi connectivity index (χ4v) is 2.01. The number of nitrogens with one attached hydrogen (secondary N) is 1. The van der Waals surface area contributed by atoms with Gasteiger partial charge in [0.15, 0.2) is 5.78 Å². The van der Waals surface area contributed by atoms with Crippen molar-refractivity contribution in [3.8, 4) is 0 Å². The molecule has 0 bridgehead atoms. The van der Waals surface area contributed by atoms with E-state index >= 15 is 0 Å². The van der Waals surface area contributed by atoms with Gasteiger partial charge in [-0.25, -0.2) is 4.79 Å². The van der Waals surface area contributed by atoms with E-state index in [9.17, 15) is 9.59 Å². The van der Waals surface area contributed by atoms with Crippen LogP contribution in [0.5, 0.6) is 0 Å². The summed E-state index contributed by atoms with van der Waals surface area (Å²) < 4.78 is 5.03. The van der Waals surface area contributed by atoms with E-state index in [2.05, 4.69) is 4.98 Å². The van der Waals surface area contributed by atoms with Gasteiger partial charge in [0.1, 0.15) is 0 Å². The quantitative estimate of drug-likeness (QED) is 0.668. The molecule has 2 rings (SSSR count). The van der Waals surface area contributed by atoms with Crippen molar-refractivity contribution in [1.82, 2.24) is 4.98 Å². The number of fused-ring (bicyclic) bond motifs is 1. The second-order valence-corrected chi connectivity index (χ2v) is 4.16. The van der Waals surface area contributed by atoms with Gasteiger partial charge in [-0.2, -0.15) is 0 Å². The molecular formula is C14H15NO3.